The van der Waals surface area contributed by atoms with Crippen LogP contribution in [-0.4, -0.2) is 15.4 Å². The maximum atomic E-state index is 9.61. The van der Waals surface area contributed by atoms with Crippen LogP contribution in [0.15, 0.2) is 30.3 Å². The van der Waals surface area contributed by atoms with Crippen LogP contribution in [0.1, 0.15) is 24.9 Å². The minimum Gasteiger partial charge on any atom is -0.374 e. The lowest BCUT2D eigenvalue weighted by atomic mass is 10.0. The number of nitrogens with zero attached hydrogens (tertiary/aromatic N) is 1. The lowest BCUT2D eigenvalue weighted by Crippen LogP contribution is -2.35. The van der Waals surface area contributed by atoms with Gasteiger partial charge in [0.25, 0.3) is 0 Å². The van der Waals surface area contributed by atoms with Crippen molar-refractivity contribution in [1.82, 2.24) is 5.06 Å². The number of hydrogen-bond donors (Lipinski definition) is 2. The van der Waals surface area contributed by atoms with Gasteiger partial charge in [-0.05, 0) is 24.2 Å². The van der Waals surface area contributed by atoms with Crippen molar-refractivity contribution >= 4 is 17.3 Å². The Labute approximate surface area is 89.1 Å². The number of benzene rings is 1. The highest BCUT2D eigenvalue weighted by Crippen LogP contribution is 2.21. The fourth-order valence-corrected chi connectivity index (χ4v) is 1.51. The molecule has 0 amide bonds. The first-order valence-corrected chi connectivity index (χ1v) is 4.90. The van der Waals surface area contributed by atoms with Gasteiger partial charge < -0.3 is 5.73 Å². The third-order valence-corrected chi connectivity index (χ3v) is 2.28. The standard InChI is InChI=1S/C10H14N2OS/c1-2-9(12(13)10(11)14)8-6-4-3-5-7-8/h3-7,9,13H,2H2,1H3,(H2,11,14). The molecule has 1 rings (SSSR count). The van der Waals surface area contributed by atoms with Crippen molar-refractivity contribution in [3.05, 3.63) is 35.9 Å². The summed E-state index contributed by atoms with van der Waals surface area (Å²) in [4.78, 5) is 0. The summed E-state index contributed by atoms with van der Waals surface area (Å²) >= 11 is 4.71. The zero-order valence-electron chi connectivity index (χ0n) is 8.05. The molecule has 14 heavy (non-hydrogen) atoms. The largest absolute Gasteiger partial charge is 0.374 e. The van der Waals surface area contributed by atoms with E-state index >= 15 is 0 Å². The summed E-state index contributed by atoms with van der Waals surface area (Å²) in [7, 11) is 0. The molecule has 0 saturated carbocycles. The highest BCUT2D eigenvalue weighted by atomic mass is 32.1. The molecule has 0 radical (unpaired) electrons. The summed E-state index contributed by atoms with van der Waals surface area (Å²) in [5, 5.41) is 10.5. The van der Waals surface area contributed by atoms with E-state index in [1.165, 1.54) is 0 Å². The van der Waals surface area contributed by atoms with E-state index < -0.39 is 0 Å². The van der Waals surface area contributed by atoms with Gasteiger partial charge in [-0.25, -0.2) is 5.06 Å². The molecular formula is C10H14N2OS. The van der Waals surface area contributed by atoms with Gasteiger partial charge in [0.05, 0.1) is 6.04 Å². The lowest BCUT2D eigenvalue weighted by molar-refractivity contribution is -0.0548. The number of hydrogen-bond acceptors (Lipinski definition) is 2. The van der Waals surface area contributed by atoms with Gasteiger partial charge in [-0.3, -0.25) is 5.21 Å². The van der Waals surface area contributed by atoms with Crippen LogP contribution in [0.3, 0.4) is 0 Å². The fraction of sp³-hybridized carbons (Fsp3) is 0.300. The van der Waals surface area contributed by atoms with Crippen molar-refractivity contribution in [2.75, 3.05) is 0 Å². The molecule has 0 fully saturated rings. The van der Waals surface area contributed by atoms with Gasteiger partial charge in [-0.1, -0.05) is 37.3 Å². The zero-order chi connectivity index (χ0) is 10.6. The topological polar surface area (TPSA) is 49.5 Å². The highest BCUT2D eigenvalue weighted by molar-refractivity contribution is 7.80. The average molecular weight is 210 g/mol. The predicted molar refractivity (Wildman–Crippen MR) is 59.9 cm³/mol. The zero-order valence-corrected chi connectivity index (χ0v) is 8.87. The Balaban J connectivity index is 2.87. The van der Waals surface area contributed by atoms with Crippen molar-refractivity contribution in [3.63, 3.8) is 0 Å². The molecule has 0 aromatic heterocycles. The van der Waals surface area contributed by atoms with Crippen LogP contribution in [0.5, 0.6) is 0 Å². The molecule has 4 heteroatoms. The van der Waals surface area contributed by atoms with Crippen LogP contribution in [0, 0.1) is 0 Å². The number of nitrogens with two attached hydrogens (primary N) is 1. The summed E-state index contributed by atoms with van der Waals surface area (Å²) in [6, 6.07) is 9.49. The molecule has 0 aliphatic heterocycles. The number of thiocarbonyl (C=S) groups is 1. The SMILES string of the molecule is CCC(c1ccccc1)N(O)C(N)=S. The Kier molecular flexibility index (Phi) is 3.85. The van der Waals surface area contributed by atoms with E-state index in [-0.39, 0.29) is 11.2 Å². The molecule has 1 unspecified atom stereocenters. The Morgan fingerprint density at radius 3 is 2.50 bits per heavy atom. The van der Waals surface area contributed by atoms with E-state index in [1.807, 2.05) is 37.3 Å². The molecule has 3 nitrogen and oxygen atoms in total. The summed E-state index contributed by atoms with van der Waals surface area (Å²) in [6.07, 6.45) is 0.748. The maximum absolute atomic E-state index is 9.61. The summed E-state index contributed by atoms with van der Waals surface area (Å²) in [6.45, 7) is 1.97. The van der Waals surface area contributed by atoms with Gasteiger partial charge in [0.1, 0.15) is 0 Å². The summed E-state index contributed by atoms with van der Waals surface area (Å²) in [5.41, 5.74) is 6.36. The van der Waals surface area contributed by atoms with E-state index in [0.29, 0.717) is 0 Å². The van der Waals surface area contributed by atoms with Gasteiger partial charge in [-0.15, -0.1) is 0 Å². The summed E-state index contributed by atoms with van der Waals surface area (Å²) < 4.78 is 0. The van der Waals surface area contributed by atoms with Crippen molar-refractivity contribution < 1.29 is 5.21 Å². The molecule has 0 saturated heterocycles. The maximum Gasteiger partial charge on any atom is 0.190 e. The predicted octanol–water partition coefficient (Wildman–Crippen LogP) is 2.07. The Morgan fingerprint density at radius 2 is 2.07 bits per heavy atom. The van der Waals surface area contributed by atoms with Crippen LogP contribution in [0.25, 0.3) is 0 Å². The molecule has 76 valence electrons. The number of rotatable bonds is 3. The molecule has 0 bridgehead atoms. The Hall–Kier alpha value is -1.13. The third kappa shape index (κ3) is 2.43. The van der Waals surface area contributed by atoms with Crippen LogP contribution in [0.2, 0.25) is 0 Å². The van der Waals surface area contributed by atoms with Gasteiger partial charge in [0.2, 0.25) is 0 Å². The minimum atomic E-state index is -0.159. The minimum absolute atomic E-state index is 0.000651. The van der Waals surface area contributed by atoms with Crippen LogP contribution >= 0.6 is 12.2 Å². The van der Waals surface area contributed by atoms with Crippen molar-refractivity contribution in [1.29, 1.82) is 0 Å². The Bertz CT molecular complexity index is 302. The second-order valence-corrected chi connectivity index (χ2v) is 3.44. The first-order chi connectivity index (χ1) is 6.66. The molecule has 0 aliphatic rings. The first-order valence-electron chi connectivity index (χ1n) is 4.49. The highest BCUT2D eigenvalue weighted by Gasteiger charge is 2.17. The van der Waals surface area contributed by atoms with Crippen LogP contribution in [0.4, 0.5) is 0 Å². The first kappa shape index (κ1) is 10.9. The molecule has 1 aromatic rings. The van der Waals surface area contributed by atoms with Crippen molar-refractivity contribution in [2.45, 2.75) is 19.4 Å². The fourth-order valence-electron chi connectivity index (χ4n) is 1.38. The van der Waals surface area contributed by atoms with E-state index in [1.54, 1.807) is 0 Å². The van der Waals surface area contributed by atoms with E-state index in [0.717, 1.165) is 17.0 Å². The molecule has 1 atom stereocenters. The van der Waals surface area contributed by atoms with E-state index in [4.69, 9.17) is 18.0 Å². The monoisotopic (exact) mass is 210 g/mol. The van der Waals surface area contributed by atoms with Gasteiger partial charge >= 0.3 is 0 Å². The third-order valence-electron chi connectivity index (χ3n) is 2.09. The molecule has 0 spiro atoms. The number of hydroxylamine groups is 2. The quantitative estimate of drug-likeness (QED) is 0.592. The van der Waals surface area contributed by atoms with Crippen LogP contribution < -0.4 is 5.73 Å². The normalized spacial score (nSPS) is 12.1. The molecule has 1 aromatic carbocycles. The van der Waals surface area contributed by atoms with Crippen molar-refractivity contribution in [2.24, 2.45) is 5.73 Å². The van der Waals surface area contributed by atoms with E-state index in [2.05, 4.69) is 0 Å². The van der Waals surface area contributed by atoms with Crippen molar-refractivity contribution in [3.8, 4) is 0 Å². The van der Waals surface area contributed by atoms with Gasteiger partial charge in [-0.2, -0.15) is 0 Å². The van der Waals surface area contributed by atoms with Gasteiger partial charge in [0, 0.05) is 0 Å². The molecular weight excluding hydrogens is 196 g/mol. The Morgan fingerprint density at radius 1 is 1.50 bits per heavy atom. The van der Waals surface area contributed by atoms with Crippen LogP contribution in [-0.2, 0) is 0 Å². The average Bonchev–Trinajstić information content (AvgIpc) is 2.20. The summed E-state index contributed by atoms with van der Waals surface area (Å²) in [5.74, 6) is 0. The lowest BCUT2D eigenvalue weighted by Gasteiger charge is -2.25. The second kappa shape index (κ2) is 4.93. The second-order valence-electron chi connectivity index (χ2n) is 3.02. The molecule has 0 heterocycles. The smallest absolute Gasteiger partial charge is 0.190 e. The molecule has 3 N–H and O–H groups in total. The van der Waals surface area contributed by atoms with E-state index in [9.17, 15) is 5.21 Å². The van der Waals surface area contributed by atoms with Gasteiger partial charge in [0.15, 0.2) is 5.11 Å². The molecule has 0 aliphatic carbocycles.